The van der Waals surface area contributed by atoms with E-state index in [1.165, 1.54) is 17.8 Å². The lowest BCUT2D eigenvalue weighted by atomic mass is 10.1. The molecule has 8 nitrogen and oxygen atoms in total. The number of rotatable bonds is 7. The average molecular weight is 458 g/mol. The first-order chi connectivity index (χ1) is 16.5. The van der Waals surface area contributed by atoms with E-state index in [0.717, 1.165) is 38.3 Å². The maximum atomic E-state index is 12.5. The second-order valence-corrected chi connectivity index (χ2v) is 8.24. The fraction of sp³-hybridized carbons (Fsp3) is 0.231. The highest BCUT2D eigenvalue weighted by Gasteiger charge is 2.17. The lowest BCUT2D eigenvalue weighted by molar-refractivity contribution is -0.384. The van der Waals surface area contributed by atoms with Gasteiger partial charge in [0.25, 0.3) is 11.6 Å². The molecule has 174 valence electrons. The number of benzene rings is 3. The largest absolute Gasteiger partial charge is 0.369 e. The topological polar surface area (TPSA) is 91.1 Å². The van der Waals surface area contributed by atoms with E-state index < -0.39 is 4.92 Å². The molecule has 0 saturated carbocycles. The number of hydrogen-bond acceptors (Lipinski definition) is 6. The van der Waals surface area contributed by atoms with Crippen LogP contribution in [0.15, 0.2) is 84.0 Å². The SMILES string of the molecule is C/C(=N/NC(=O)c1ccc(CN2CCN(c3ccccc3)CC2)cc1)c1ccc([N+](=O)[O-])cc1. The standard InChI is InChI=1S/C26H27N5O3/c1-20(22-11-13-25(14-12-22)31(33)34)27-28-26(32)23-9-7-21(8-10-23)19-29-15-17-30(18-16-29)24-5-3-2-4-6-24/h2-14H,15-19H2,1H3,(H,28,32)/b27-20-. The molecule has 1 saturated heterocycles. The molecule has 1 aliphatic rings. The molecule has 0 radical (unpaired) electrons. The molecule has 1 amide bonds. The molecule has 1 heterocycles. The second kappa shape index (κ2) is 10.7. The van der Waals surface area contributed by atoms with Crippen molar-refractivity contribution in [3.63, 3.8) is 0 Å². The van der Waals surface area contributed by atoms with Gasteiger partial charge in [-0.15, -0.1) is 0 Å². The summed E-state index contributed by atoms with van der Waals surface area (Å²) in [7, 11) is 0. The molecule has 1 fully saturated rings. The van der Waals surface area contributed by atoms with Crippen molar-refractivity contribution < 1.29 is 9.72 Å². The maximum absolute atomic E-state index is 12.5. The van der Waals surface area contributed by atoms with Crippen LogP contribution in [0.5, 0.6) is 0 Å². The van der Waals surface area contributed by atoms with Gasteiger partial charge >= 0.3 is 0 Å². The Hall–Kier alpha value is -4.04. The van der Waals surface area contributed by atoms with Gasteiger partial charge in [-0.2, -0.15) is 5.10 Å². The predicted molar refractivity (Wildman–Crippen MR) is 133 cm³/mol. The van der Waals surface area contributed by atoms with Crippen molar-refractivity contribution in [1.82, 2.24) is 10.3 Å². The Balaban J connectivity index is 1.28. The molecule has 1 N–H and O–H groups in total. The number of nitro benzene ring substituents is 1. The fourth-order valence-electron chi connectivity index (χ4n) is 3.91. The van der Waals surface area contributed by atoms with Gasteiger partial charge in [0.05, 0.1) is 10.6 Å². The molecule has 0 aliphatic carbocycles. The highest BCUT2D eigenvalue weighted by Crippen LogP contribution is 2.17. The summed E-state index contributed by atoms with van der Waals surface area (Å²) >= 11 is 0. The molecule has 0 unspecified atom stereocenters. The van der Waals surface area contributed by atoms with Gasteiger partial charge in [0.2, 0.25) is 0 Å². The molecule has 0 atom stereocenters. The maximum Gasteiger partial charge on any atom is 0.271 e. The normalized spacial score (nSPS) is 14.6. The number of nitrogens with zero attached hydrogens (tertiary/aromatic N) is 4. The number of hydrazone groups is 1. The van der Waals surface area contributed by atoms with Crippen LogP contribution in [0.4, 0.5) is 11.4 Å². The monoisotopic (exact) mass is 457 g/mol. The first kappa shape index (κ1) is 23.1. The number of para-hydroxylation sites is 1. The van der Waals surface area contributed by atoms with Crippen LogP contribution in [0.25, 0.3) is 0 Å². The van der Waals surface area contributed by atoms with Crippen LogP contribution in [-0.4, -0.2) is 47.6 Å². The molecular formula is C26H27N5O3. The molecule has 8 heteroatoms. The van der Waals surface area contributed by atoms with Gasteiger partial charge in [0.1, 0.15) is 0 Å². The van der Waals surface area contributed by atoms with E-state index in [4.69, 9.17) is 0 Å². The summed E-state index contributed by atoms with van der Waals surface area (Å²) in [5.41, 5.74) is 6.79. The Kier molecular flexibility index (Phi) is 7.29. The van der Waals surface area contributed by atoms with E-state index in [9.17, 15) is 14.9 Å². The van der Waals surface area contributed by atoms with Crippen molar-refractivity contribution in [2.24, 2.45) is 5.10 Å². The zero-order valence-electron chi connectivity index (χ0n) is 19.1. The van der Waals surface area contributed by atoms with E-state index >= 15 is 0 Å². The first-order valence-corrected chi connectivity index (χ1v) is 11.2. The van der Waals surface area contributed by atoms with E-state index in [0.29, 0.717) is 16.8 Å². The van der Waals surface area contributed by atoms with E-state index in [1.807, 2.05) is 30.3 Å². The minimum atomic E-state index is -0.452. The lowest BCUT2D eigenvalue weighted by Gasteiger charge is -2.36. The minimum Gasteiger partial charge on any atom is -0.369 e. The van der Waals surface area contributed by atoms with E-state index in [2.05, 4.69) is 44.6 Å². The second-order valence-electron chi connectivity index (χ2n) is 8.24. The summed E-state index contributed by atoms with van der Waals surface area (Å²) < 4.78 is 0. The van der Waals surface area contributed by atoms with Gasteiger partial charge in [-0.3, -0.25) is 19.8 Å². The summed E-state index contributed by atoms with van der Waals surface area (Å²) in [6.07, 6.45) is 0. The molecule has 0 bridgehead atoms. The van der Waals surface area contributed by atoms with Crippen LogP contribution < -0.4 is 10.3 Å². The minimum absolute atomic E-state index is 0.0127. The molecule has 0 spiro atoms. The quantitative estimate of drug-likeness (QED) is 0.328. The number of non-ortho nitro benzene ring substituents is 1. The van der Waals surface area contributed by atoms with E-state index in [-0.39, 0.29) is 11.6 Å². The molecule has 1 aliphatic heterocycles. The van der Waals surface area contributed by atoms with Crippen LogP contribution in [-0.2, 0) is 6.54 Å². The summed E-state index contributed by atoms with van der Waals surface area (Å²) in [6, 6.07) is 24.1. The number of anilines is 1. The Morgan fingerprint density at radius 1 is 0.912 bits per heavy atom. The van der Waals surface area contributed by atoms with E-state index in [1.54, 1.807) is 19.1 Å². The summed E-state index contributed by atoms with van der Waals surface area (Å²) in [4.78, 5) is 27.6. The Labute approximate surface area is 198 Å². The highest BCUT2D eigenvalue weighted by atomic mass is 16.6. The molecule has 34 heavy (non-hydrogen) atoms. The summed E-state index contributed by atoms with van der Waals surface area (Å²) in [5, 5.41) is 14.9. The first-order valence-electron chi connectivity index (χ1n) is 11.2. The Morgan fingerprint density at radius 2 is 1.53 bits per heavy atom. The molecule has 3 aromatic carbocycles. The van der Waals surface area contributed by atoms with Gasteiger partial charge in [-0.25, -0.2) is 5.43 Å². The van der Waals surface area contributed by atoms with Crippen LogP contribution in [0.3, 0.4) is 0 Å². The van der Waals surface area contributed by atoms with Crippen LogP contribution in [0.1, 0.15) is 28.4 Å². The van der Waals surface area contributed by atoms with Crippen molar-refractivity contribution in [1.29, 1.82) is 0 Å². The highest BCUT2D eigenvalue weighted by molar-refractivity contribution is 6.01. The number of hydrogen-bond donors (Lipinski definition) is 1. The Morgan fingerprint density at radius 3 is 2.15 bits per heavy atom. The number of nitro groups is 1. The Bertz CT molecular complexity index is 1150. The average Bonchev–Trinajstić information content (AvgIpc) is 2.88. The van der Waals surface area contributed by atoms with Gasteiger partial charge < -0.3 is 4.90 Å². The number of carbonyl (C=O) groups is 1. The summed E-state index contributed by atoms with van der Waals surface area (Å²) in [5.74, 6) is -0.302. The van der Waals surface area contributed by atoms with Crippen molar-refractivity contribution in [3.8, 4) is 0 Å². The third kappa shape index (κ3) is 5.85. The van der Waals surface area contributed by atoms with Crippen molar-refractivity contribution in [2.45, 2.75) is 13.5 Å². The van der Waals surface area contributed by atoms with Gasteiger partial charge in [0.15, 0.2) is 0 Å². The zero-order valence-corrected chi connectivity index (χ0v) is 19.1. The molecule has 4 rings (SSSR count). The third-order valence-electron chi connectivity index (χ3n) is 5.94. The van der Waals surface area contributed by atoms with Crippen molar-refractivity contribution in [3.05, 3.63) is 106 Å². The number of amides is 1. The smallest absolute Gasteiger partial charge is 0.271 e. The molecular weight excluding hydrogens is 430 g/mol. The van der Waals surface area contributed by atoms with Crippen LogP contribution >= 0.6 is 0 Å². The van der Waals surface area contributed by atoms with Crippen LogP contribution in [0.2, 0.25) is 0 Å². The van der Waals surface area contributed by atoms with Crippen LogP contribution in [0, 0.1) is 10.1 Å². The molecule has 3 aromatic rings. The zero-order chi connectivity index (χ0) is 23.9. The predicted octanol–water partition coefficient (Wildman–Crippen LogP) is 4.07. The summed E-state index contributed by atoms with van der Waals surface area (Å²) in [6.45, 7) is 6.57. The fourth-order valence-corrected chi connectivity index (χ4v) is 3.91. The van der Waals surface area contributed by atoms with Gasteiger partial charge in [0, 0.05) is 56.1 Å². The van der Waals surface area contributed by atoms with Crippen molar-refractivity contribution in [2.75, 3.05) is 31.1 Å². The van der Waals surface area contributed by atoms with Gasteiger partial charge in [-0.1, -0.05) is 30.3 Å². The number of piperazine rings is 1. The van der Waals surface area contributed by atoms with Crippen molar-refractivity contribution >= 4 is 23.0 Å². The lowest BCUT2D eigenvalue weighted by Crippen LogP contribution is -2.45. The third-order valence-corrected chi connectivity index (χ3v) is 5.94. The number of nitrogens with one attached hydrogen (secondary N) is 1. The molecule has 0 aromatic heterocycles. The van der Waals surface area contributed by atoms with Gasteiger partial charge in [-0.05, 0) is 54.4 Å². The number of carbonyl (C=O) groups excluding carboxylic acids is 1.